The molecule has 18 heavy (non-hydrogen) atoms. The Hall–Kier alpha value is 0.0600. The number of hydrogen-bond donors (Lipinski definition) is 0. The van der Waals surface area contributed by atoms with Gasteiger partial charge in [0.15, 0.2) is 5.82 Å². The van der Waals surface area contributed by atoms with Crippen LogP contribution < -0.4 is 0 Å². The number of aromatic nitrogens is 2. The summed E-state index contributed by atoms with van der Waals surface area (Å²) in [7, 11) is 1.71. The van der Waals surface area contributed by atoms with E-state index in [1.165, 1.54) is 0 Å². The van der Waals surface area contributed by atoms with Gasteiger partial charge in [0.05, 0.1) is 9.26 Å². The van der Waals surface area contributed by atoms with Gasteiger partial charge in [-0.05, 0) is 41.4 Å². The minimum Gasteiger partial charge on any atom is -0.370 e. The van der Waals surface area contributed by atoms with Crippen LogP contribution in [0.2, 0.25) is 5.15 Å². The molecule has 0 aromatic carbocycles. The number of nitrogens with zero attached hydrogens (tertiary/aromatic N) is 2. The van der Waals surface area contributed by atoms with Crippen LogP contribution in [0.3, 0.4) is 0 Å². The normalized spacial score (nSPS) is 12.2. The lowest BCUT2D eigenvalue weighted by Gasteiger charge is -2.29. The van der Waals surface area contributed by atoms with Crippen molar-refractivity contribution in [2.45, 2.75) is 52.1 Å². The third kappa shape index (κ3) is 2.96. The zero-order valence-electron chi connectivity index (χ0n) is 11.6. The van der Waals surface area contributed by atoms with E-state index in [4.69, 9.17) is 16.3 Å². The molecule has 0 radical (unpaired) electrons. The Labute approximate surface area is 128 Å². The van der Waals surface area contributed by atoms with Crippen LogP contribution in [-0.2, 0) is 10.3 Å². The summed E-state index contributed by atoms with van der Waals surface area (Å²) in [5.41, 5.74) is 0.561. The zero-order valence-corrected chi connectivity index (χ0v) is 14.5. The summed E-state index contributed by atoms with van der Waals surface area (Å²) in [4.78, 5) is 9.11. The van der Waals surface area contributed by atoms with Gasteiger partial charge in [-0.1, -0.05) is 39.3 Å². The fourth-order valence-electron chi connectivity index (χ4n) is 1.97. The predicted octanol–water partition coefficient (Wildman–Crippen LogP) is 4.52. The van der Waals surface area contributed by atoms with Crippen molar-refractivity contribution >= 4 is 34.2 Å². The van der Waals surface area contributed by atoms with Crippen molar-refractivity contribution in [2.24, 2.45) is 0 Å². The Kier molecular flexibility index (Phi) is 5.80. The molecule has 3 nitrogen and oxygen atoms in total. The minimum atomic E-state index is -0.433. The number of hydrogen-bond acceptors (Lipinski definition) is 3. The first-order valence-corrected chi connectivity index (χ1v) is 7.66. The van der Waals surface area contributed by atoms with Gasteiger partial charge in [-0.2, -0.15) is 0 Å². The minimum absolute atomic E-state index is 0.319. The van der Waals surface area contributed by atoms with Gasteiger partial charge < -0.3 is 4.74 Å². The number of rotatable bonds is 5. The molecule has 0 amide bonds. The van der Waals surface area contributed by atoms with Crippen LogP contribution in [0.15, 0.2) is 0 Å². The Balaban J connectivity index is 3.42. The maximum Gasteiger partial charge on any atom is 0.162 e. The van der Waals surface area contributed by atoms with Crippen LogP contribution in [-0.4, -0.2) is 17.1 Å². The molecule has 0 unspecified atom stereocenters. The lowest BCUT2D eigenvalue weighted by atomic mass is 9.95. The summed E-state index contributed by atoms with van der Waals surface area (Å²) in [6.07, 6.45) is 1.66. The van der Waals surface area contributed by atoms with Crippen LogP contribution >= 0.6 is 34.2 Å². The molecule has 0 bridgehead atoms. The Morgan fingerprint density at radius 3 is 2.22 bits per heavy atom. The highest BCUT2D eigenvalue weighted by Crippen LogP contribution is 2.33. The van der Waals surface area contributed by atoms with E-state index in [0.717, 1.165) is 22.1 Å². The average Bonchev–Trinajstić information content (AvgIpc) is 2.35. The molecular formula is C13H20ClIN2O. The van der Waals surface area contributed by atoms with Crippen LogP contribution in [0.25, 0.3) is 0 Å². The molecule has 0 N–H and O–H groups in total. The van der Waals surface area contributed by atoms with Crippen LogP contribution in [0.5, 0.6) is 0 Å². The van der Waals surface area contributed by atoms with Crippen LogP contribution in [0, 0.1) is 3.57 Å². The van der Waals surface area contributed by atoms with Crippen molar-refractivity contribution < 1.29 is 4.74 Å². The largest absolute Gasteiger partial charge is 0.370 e. The summed E-state index contributed by atoms with van der Waals surface area (Å²) >= 11 is 8.43. The molecule has 1 rings (SSSR count). The molecule has 0 aliphatic carbocycles. The Morgan fingerprint density at radius 2 is 1.83 bits per heavy atom. The van der Waals surface area contributed by atoms with Crippen molar-refractivity contribution in [3.63, 3.8) is 0 Å². The second kappa shape index (κ2) is 6.48. The van der Waals surface area contributed by atoms with Gasteiger partial charge in [-0.25, -0.2) is 9.97 Å². The van der Waals surface area contributed by atoms with Crippen molar-refractivity contribution in [3.05, 3.63) is 20.2 Å². The summed E-state index contributed by atoms with van der Waals surface area (Å²) in [6, 6.07) is 0. The molecule has 0 atom stereocenters. The summed E-state index contributed by atoms with van der Waals surface area (Å²) in [5.74, 6) is 1.02. The van der Waals surface area contributed by atoms with Gasteiger partial charge in [0.25, 0.3) is 0 Å². The van der Waals surface area contributed by atoms with Crippen molar-refractivity contribution in [2.75, 3.05) is 7.11 Å². The number of halogens is 2. The average molecular weight is 383 g/mol. The summed E-state index contributed by atoms with van der Waals surface area (Å²) in [6.45, 7) is 8.38. The van der Waals surface area contributed by atoms with Gasteiger partial charge in [-0.3, -0.25) is 0 Å². The van der Waals surface area contributed by atoms with Crippen molar-refractivity contribution in [1.29, 1.82) is 0 Å². The molecule has 102 valence electrons. The molecule has 0 spiro atoms. The quantitative estimate of drug-likeness (QED) is 0.555. The van der Waals surface area contributed by atoms with Crippen LogP contribution in [0.4, 0.5) is 0 Å². The van der Waals surface area contributed by atoms with Crippen molar-refractivity contribution in [1.82, 2.24) is 9.97 Å². The monoisotopic (exact) mass is 382 g/mol. The van der Waals surface area contributed by atoms with E-state index in [1.807, 2.05) is 0 Å². The summed E-state index contributed by atoms with van der Waals surface area (Å²) in [5, 5.41) is 0.521. The molecule has 0 saturated heterocycles. The van der Waals surface area contributed by atoms with E-state index in [0.29, 0.717) is 16.9 Å². The van der Waals surface area contributed by atoms with Crippen LogP contribution in [0.1, 0.15) is 58.0 Å². The van der Waals surface area contributed by atoms with E-state index >= 15 is 0 Å². The second-order valence-electron chi connectivity index (χ2n) is 4.60. The number of ether oxygens (including phenoxy) is 1. The first-order chi connectivity index (χ1) is 8.41. The highest BCUT2D eigenvalue weighted by molar-refractivity contribution is 14.1. The lowest BCUT2D eigenvalue weighted by Crippen LogP contribution is -2.30. The maximum atomic E-state index is 6.23. The molecule has 1 aromatic rings. The van der Waals surface area contributed by atoms with E-state index in [-0.39, 0.29) is 0 Å². The Bertz CT molecular complexity index is 411. The molecular weight excluding hydrogens is 363 g/mol. The smallest absolute Gasteiger partial charge is 0.162 e. The van der Waals surface area contributed by atoms with Crippen molar-refractivity contribution in [3.8, 4) is 0 Å². The highest BCUT2D eigenvalue weighted by atomic mass is 127. The molecule has 0 aliphatic rings. The second-order valence-corrected chi connectivity index (χ2v) is 6.03. The summed E-state index contributed by atoms with van der Waals surface area (Å²) < 4.78 is 6.60. The Morgan fingerprint density at radius 1 is 1.28 bits per heavy atom. The molecule has 0 fully saturated rings. The van der Waals surface area contributed by atoms with E-state index in [2.05, 4.69) is 60.3 Å². The molecule has 0 saturated carbocycles. The zero-order chi connectivity index (χ0) is 13.9. The first kappa shape index (κ1) is 16.1. The topological polar surface area (TPSA) is 35.0 Å². The molecule has 1 heterocycles. The first-order valence-electron chi connectivity index (χ1n) is 6.20. The van der Waals surface area contributed by atoms with Gasteiger partial charge >= 0.3 is 0 Å². The maximum absolute atomic E-state index is 6.23. The third-order valence-electron chi connectivity index (χ3n) is 3.32. The SMILES string of the molecule is CCC(CC)(OC)c1nc(Cl)c(I)c(C(C)C)n1. The number of methoxy groups -OCH3 is 1. The predicted molar refractivity (Wildman–Crippen MR) is 83.1 cm³/mol. The third-order valence-corrected chi connectivity index (χ3v) is 4.98. The van der Waals surface area contributed by atoms with E-state index in [1.54, 1.807) is 7.11 Å². The van der Waals surface area contributed by atoms with Gasteiger partial charge in [0, 0.05) is 7.11 Å². The van der Waals surface area contributed by atoms with Gasteiger partial charge in [0.2, 0.25) is 0 Å². The molecule has 0 aliphatic heterocycles. The lowest BCUT2D eigenvalue weighted by molar-refractivity contribution is -0.0293. The van der Waals surface area contributed by atoms with Gasteiger partial charge in [0.1, 0.15) is 10.8 Å². The molecule has 5 heteroatoms. The van der Waals surface area contributed by atoms with E-state index < -0.39 is 5.60 Å². The highest BCUT2D eigenvalue weighted by Gasteiger charge is 2.33. The fraction of sp³-hybridized carbons (Fsp3) is 0.692. The standard InChI is InChI=1S/C13H20ClIN2O/c1-6-13(7-2,18-5)12-16-10(8(3)4)9(15)11(14)17-12/h8H,6-7H2,1-5H3. The fourth-order valence-corrected chi connectivity index (χ4v) is 3.01. The molecule has 1 aromatic heterocycles. The van der Waals surface area contributed by atoms with E-state index in [9.17, 15) is 0 Å². The van der Waals surface area contributed by atoms with Gasteiger partial charge in [-0.15, -0.1) is 0 Å².